The fraction of sp³-hybridized carbons (Fsp3) is 0.909. The summed E-state index contributed by atoms with van der Waals surface area (Å²) in [5.74, 6) is -2.23. The van der Waals surface area contributed by atoms with Gasteiger partial charge in [-0.2, -0.15) is 25.2 Å². The first-order valence-electron chi connectivity index (χ1n) is 11.1. The van der Waals surface area contributed by atoms with Gasteiger partial charge in [0, 0.05) is 11.9 Å². The molecular weight excluding hydrogens is 491 g/mol. The van der Waals surface area contributed by atoms with E-state index in [0.717, 1.165) is 38.5 Å². The Balaban J connectivity index is -0.000000101. The second-order valence-corrected chi connectivity index (χ2v) is 7.34. The molecular formula is C22H46N4O4Pd-4. The first-order chi connectivity index (χ1) is 14.0. The van der Waals surface area contributed by atoms with Crippen molar-refractivity contribution in [1.82, 2.24) is 0 Å². The third kappa shape index (κ3) is 40.3. The minimum absolute atomic E-state index is 0. The van der Waals surface area contributed by atoms with E-state index in [9.17, 15) is 19.8 Å². The molecule has 0 saturated heterocycles. The number of unbranched alkanes of at least 4 members (excludes halogenated alkanes) is 2. The van der Waals surface area contributed by atoms with Crippen molar-refractivity contribution in [3.63, 3.8) is 0 Å². The smallest absolute Gasteiger partial charge is 0.679 e. The minimum Gasteiger partial charge on any atom is -0.679 e. The molecule has 0 fully saturated rings. The number of nitrogens with one attached hydrogen (secondary N) is 4. The van der Waals surface area contributed by atoms with Crippen molar-refractivity contribution in [2.45, 2.75) is 105 Å². The van der Waals surface area contributed by atoms with Crippen molar-refractivity contribution in [1.29, 1.82) is 0 Å². The molecule has 31 heavy (non-hydrogen) atoms. The van der Waals surface area contributed by atoms with Crippen LogP contribution in [-0.2, 0) is 30.0 Å². The number of carbonyl (C=O) groups is 2. The van der Waals surface area contributed by atoms with Crippen LogP contribution >= 0.6 is 0 Å². The van der Waals surface area contributed by atoms with E-state index < -0.39 is 11.9 Å². The van der Waals surface area contributed by atoms with Gasteiger partial charge in [-0.15, -0.1) is 0 Å². The third-order valence-corrected chi connectivity index (χ3v) is 4.08. The van der Waals surface area contributed by atoms with Gasteiger partial charge in [-0.3, -0.25) is 0 Å². The molecule has 0 amide bonds. The molecule has 0 bridgehead atoms. The summed E-state index contributed by atoms with van der Waals surface area (Å²) in [6, 6.07) is -0.398. The molecule has 0 aromatic heterocycles. The Bertz CT molecular complexity index is 339. The van der Waals surface area contributed by atoms with Crippen LogP contribution in [0.2, 0.25) is 0 Å². The van der Waals surface area contributed by atoms with Gasteiger partial charge in [0.1, 0.15) is 0 Å². The number of carboxylic acids is 2. The molecule has 0 radical (unpaired) electrons. The first-order valence-corrected chi connectivity index (χ1v) is 11.1. The fourth-order valence-electron chi connectivity index (χ4n) is 1.88. The maximum absolute atomic E-state index is 10.3. The molecule has 0 aliphatic heterocycles. The molecule has 0 rings (SSSR count). The molecule has 0 aromatic carbocycles. The van der Waals surface area contributed by atoms with Crippen LogP contribution in [0.1, 0.15) is 92.9 Å². The Kier molecular flexibility index (Phi) is 41.6. The average Bonchev–Trinajstić information content (AvgIpc) is 2.70. The van der Waals surface area contributed by atoms with Crippen LogP contribution in [0, 0.1) is 11.8 Å². The van der Waals surface area contributed by atoms with Gasteiger partial charge in [0.2, 0.25) is 0 Å². The van der Waals surface area contributed by atoms with Crippen LogP contribution in [0.4, 0.5) is 0 Å². The molecule has 192 valence electrons. The van der Waals surface area contributed by atoms with Crippen LogP contribution < -0.4 is 10.2 Å². The van der Waals surface area contributed by atoms with Crippen LogP contribution in [0.25, 0.3) is 22.9 Å². The van der Waals surface area contributed by atoms with Crippen LogP contribution in [-0.4, -0.2) is 37.1 Å². The standard InChI is InChI=1S/2C8H16O2.2C3H8N2.Pd/c2*1-3-5-6-7(4-2)8(9)10;2*1-3(5)2-4;/h2*7H,3-6H2,1-2H3,(H,9,10);2*3-5H,2H2,1H3;/q;;2*-2;+2/p-2. The number of rotatable bonds is 12. The van der Waals surface area contributed by atoms with Crippen molar-refractivity contribution in [2.75, 3.05) is 13.1 Å². The molecule has 0 saturated carbocycles. The number of carbonyl (C=O) groups excluding carboxylic acids is 2. The summed E-state index contributed by atoms with van der Waals surface area (Å²) in [6.07, 6.45) is 7.04. The van der Waals surface area contributed by atoms with Gasteiger partial charge in [0.25, 0.3) is 0 Å². The Hall–Kier alpha value is -0.558. The van der Waals surface area contributed by atoms with Crippen molar-refractivity contribution >= 4 is 11.9 Å². The third-order valence-electron chi connectivity index (χ3n) is 4.08. The molecule has 4 unspecified atom stereocenters. The Morgan fingerprint density at radius 2 is 0.935 bits per heavy atom. The molecule has 0 aliphatic carbocycles. The normalized spacial score (nSPS) is 13.2. The summed E-state index contributed by atoms with van der Waals surface area (Å²) >= 11 is 0. The zero-order chi connectivity index (χ0) is 24.5. The monoisotopic (exact) mass is 536 g/mol. The van der Waals surface area contributed by atoms with Gasteiger partial charge in [-0.1, -0.05) is 67.2 Å². The van der Waals surface area contributed by atoms with Crippen molar-refractivity contribution in [2.24, 2.45) is 11.8 Å². The molecule has 8 nitrogen and oxygen atoms in total. The Labute approximate surface area is 204 Å². The van der Waals surface area contributed by atoms with Crippen LogP contribution in [0.5, 0.6) is 0 Å². The Morgan fingerprint density at radius 3 is 1.03 bits per heavy atom. The van der Waals surface area contributed by atoms with Gasteiger partial charge in [0.15, 0.2) is 0 Å². The fourth-order valence-corrected chi connectivity index (χ4v) is 1.88. The molecule has 4 N–H and O–H groups in total. The second-order valence-electron chi connectivity index (χ2n) is 7.34. The molecule has 0 heterocycles. The largest absolute Gasteiger partial charge is 2.00 e. The van der Waals surface area contributed by atoms with E-state index in [2.05, 4.69) is 13.8 Å². The maximum atomic E-state index is 10.3. The average molecular weight is 537 g/mol. The van der Waals surface area contributed by atoms with Gasteiger partial charge in [0.05, 0.1) is 0 Å². The molecule has 0 spiro atoms. The first kappa shape index (κ1) is 40.8. The summed E-state index contributed by atoms with van der Waals surface area (Å²) < 4.78 is 0. The predicted molar refractivity (Wildman–Crippen MR) is 123 cm³/mol. The van der Waals surface area contributed by atoms with E-state index in [4.69, 9.17) is 22.9 Å². The van der Waals surface area contributed by atoms with Gasteiger partial charge >= 0.3 is 20.4 Å². The van der Waals surface area contributed by atoms with E-state index in [1.807, 2.05) is 13.8 Å². The number of aliphatic carboxylic acids is 2. The summed E-state index contributed by atoms with van der Waals surface area (Å²) in [4.78, 5) is 20.7. The van der Waals surface area contributed by atoms with E-state index in [1.54, 1.807) is 13.8 Å². The summed E-state index contributed by atoms with van der Waals surface area (Å²) in [6.45, 7) is 11.7. The predicted octanol–water partition coefficient (Wildman–Crippen LogP) is 4.86. The number of hydrogen-bond acceptors (Lipinski definition) is 4. The number of hydrogen-bond donors (Lipinski definition) is 0. The van der Waals surface area contributed by atoms with Crippen molar-refractivity contribution < 1.29 is 40.2 Å². The van der Waals surface area contributed by atoms with Gasteiger partial charge in [-0.25, -0.2) is 0 Å². The van der Waals surface area contributed by atoms with Gasteiger partial charge < -0.3 is 42.7 Å². The molecule has 4 atom stereocenters. The zero-order valence-corrected chi connectivity index (χ0v) is 21.9. The minimum atomic E-state index is -0.893. The molecule has 0 aliphatic rings. The maximum Gasteiger partial charge on any atom is 2.00 e. The molecule has 0 aromatic rings. The van der Waals surface area contributed by atoms with E-state index in [-0.39, 0.29) is 57.4 Å². The van der Waals surface area contributed by atoms with Crippen LogP contribution in [0.15, 0.2) is 0 Å². The van der Waals surface area contributed by atoms with E-state index in [0.29, 0.717) is 12.8 Å². The zero-order valence-electron chi connectivity index (χ0n) is 20.3. The topological polar surface area (TPSA) is 175 Å². The van der Waals surface area contributed by atoms with E-state index in [1.165, 1.54) is 0 Å². The van der Waals surface area contributed by atoms with E-state index >= 15 is 0 Å². The Morgan fingerprint density at radius 1 is 0.710 bits per heavy atom. The molecule has 9 heteroatoms. The second kappa shape index (κ2) is 31.6. The van der Waals surface area contributed by atoms with Crippen molar-refractivity contribution in [3.05, 3.63) is 22.9 Å². The summed E-state index contributed by atoms with van der Waals surface area (Å²) in [7, 11) is 0. The summed E-state index contributed by atoms with van der Waals surface area (Å²) in [5, 5.41) is 20.7. The quantitative estimate of drug-likeness (QED) is 0.323. The van der Waals surface area contributed by atoms with Crippen LogP contribution in [0.3, 0.4) is 0 Å². The SMILES string of the molecule is CC([NH-])C[NH-].CC([NH-])C[NH-].CCCCC(CC)C(=O)[O-].CCCCC(CC)C(=O)[O-].[Pd+2]. The van der Waals surface area contributed by atoms with Crippen molar-refractivity contribution in [3.8, 4) is 0 Å². The summed E-state index contributed by atoms with van der Waals surface area (Å²) in [5.41, 5.74) is 26.2. The number of carboxylic acid groups (broad SMARTS) is 2. The van der Waals surface area contributed by atoms with Gasteiger partial charge in [-0.05, 0) is 37.5 Å².